The highest BCUT2D eigenvalue weighted by Crippen LogP contribution is 2.47. The van der Waals surface area contributed by atoms with Crippen molar-refractivity contribution >= 4 is 99.1 Å². The molecule has 6 heteroatoms. The largest absolute Gasteiger partial charge is 0.453 e. The maximum Gasteiger partial charge on any atom is 0.247 e. The van der Waals surface area contributed by atoms with E-state index in [1.54, 1.807) is 0 Å². The number of rotatable bonds is 1. The van der Waals surface area contributed by atoms with Crippen LogP contribution in [0.4, 0.5) is 0 Å². The first-order chi connectivity index (χ1) is 20.8. The molecule has 196 valence electrons. The van der Waals surface area contributed by atoms with Crippen molar-refractivity contribution in [3.05, 3.63) is 114 Å². The second-order valence-corrected chi connectivity index (χ2v) is 11.0. The minimum Gasteiger partial charge on any atom is -0.453 e. The van der Waals surface area contributed by atoms with Crippen molar-refractivity contribution < 1.29 is 8.83 Å². The summed E-state index contributed by atoms with van der Waals surface area (Å²) in [6.07, 6.45) is 0. The van der Waals surface area contributed by atoms with Crippen molar-refractivity contribution in [2.45, 2.75) is 0 Å². The third-order valence-corrected chi connectivity index (χ3v) is 8.75. The van der Waals surface area contributed by atoms with E-state index < -0.39 is 0 Å². The highest BCUT2D eigenvalue weighted by molar-refractivity contribution is 6.37. The molecular formula is C36H18ClN3O2. The number of nitrogens with zero attached hydrogens (tertiary/aromatic N) is 3. The van der Waals surface area contributed by atoms with E-state index in [1.807, 2.05) is 30.3 Å². The smallest absolute Gasteiger partial charge is 0.247 e. The average Bonchev–Trinajstić information content (AvgIpc) is 3.70. The number of halogens is 1. The number of benzene rings is 6. The van der Waals surface area contributed by atoms with Gasteiger partial charge in [-0.3, -0.25) is 4.57 Å². The van der Waals surface area contributed by atoms with Crippen molar-refractivity contribution in [1.29, 1.82) is 0 Å². The minimum atomic E-state index is 0.257. The van der Waals surface area contributed by atoms with Gasteiger partial charge in [-0.25, -0.2) is 4.98 Å². The molecule has 4 aromatic heterocycles. The van der Waals surface area contributed by atoms with E-state index in [9.17, 15) is 0 Å². The molecule has 0 bridgehead atoms. The molecule has 4 heterocycles. The molecule has 0 aliphatic carbocycles. The van der Waals surface area contributed by atoms with Gasteiger partial charge < -0.3 is 8.83 Å². The van der Waals surface area contributed by atoms with Gasteiger partial charge >= 0.3 is 0 Å². The fourth-order valence-electron chi connectivity index (χ4n) is 6.76. The summed E-state index contributed by atoms with van der Waals surface area (Å²) in [6.45, 7) is 0. The zero-order valence-electron chi connectivity index (χ0n) is 21.9. The third-order valence-electron chi connectivity index (χ3n) is 8.50. The van der Waals surface area contributed by atoms with Crippen LogP contribution in [0.5, 0.6) is 0 Å². The predicted octanol–water partition coefficient (Wildman–Crippen LogP) is 10.3. The van der Waals surface area contributed by atoms with E-state index in [4.69, 9.17) is 30.4 Å². The predicted molar refractivity (Wildman–Crippen MR) is 171 cm³/mol. The normalized spacial score (nSPS) is 12.4. The summed E-state index contributed by atoms with van der Waals surface area (Å²) in [4.78, 5) is 9.82. The molecule has 6 aromatic carbocycles. The fraction of sp³-hybridized carbons (Fsp3) is 0. The number of hydrogen-bond donors (Lipinski definition) is 0. The third kappa shape index (κ3) is 2.73. The molecule has 42 heavy (non-hydrogen) atoms. The van der Waals surface area contributed by atoms with Gasteiger partial charge in [0.1, 0.15) is 16.7 Å². The Kier molecular flexibility index (Phi) is 4.18. The summed E-state index contributed by atoms with van der Waals surface area (Å²) in [5.74, 6) is 0.531. The lowest BCUT2D eigenvalue weighted by molar-refractivity contribution is 0.652. The van der Waals surface area contributed by atoms with Crippen LogP contribution in [-0.2, 0) is 0 Å². The molecule has 10 aromatic rings. The highest BCUT2D eigenvalue weighted by atomic mass is 35.5. The lowest BCUT2D eigenvalue weighted by Crippen LogP contribution is -2.00. The highest BCUT2D eigenvalue weighted by Gasteiger charge is 2.26. The van der Waals surface area contributed by atoms with Crippen molar-refractivity contribution in [3.8, 4) is 5.82 Å². The van der Waals surface area contributed by atoms with E-state index in [-0.39, 0.29) is 5.15 Å². The quantitative estimate of drug-likeness (QED) is 0.201. The number of aromatic nitrogens is 3. The van der Waals surface area contributed by atoms with Crippen molar-refractivity contribution in [1.82, 2.24) is 14.5 Å². The van der Waals surface area contributed by atoms with Gasteiger partial charge in [-0.2, -0.15) is 4.98 Å². The maximum absolute atomic E-state index is 6.96. The molecule has 0 aliphatic rings. The topological polar surface area (TPSA) is 57.0 Å². The Morgan fingerprint density at radius 2 is 1.24 bits per heavy atom. The van der Waals surface area contributed by atoms with E-state index in [1.165, 1.54) is 0 Å². The van der Waals surface area contributed by atoms with Gasteiger partial charge in [-0.1, -0.05) is 96.5 Å². The molecule has 0 radical (unpaired) electrons. The first-order valence-corrected chi connectivity index (χ1v) is 14.2. The van der Waals surface area contributed by atoms with Crippen molar-refractivity contribution in [2.24, 2.45) is 0 Å². The fourth-order valence-corrected chi connectivity index (χ4v) is 6.97. The Bertz CT molecular complexity index is 2770. The monoisotopic (exact) mass is 559 g/mol. The molecule has 0 saturated carbocycles. The van der Waals surface area contributed by atoms with Crippen LogP contribution in [0, 0.1) is 0 Å². The number of furan rings is 2. The molecule has 0 fully saturated rings. The van der Waals surface area contributed by atoms with Crippen molar-refractivity contribution in [2.75, 3.05) is 0 Å². The Morgan fingerprint density at radius 1 is 0.548 bits per heavy atom. The summed E-state index contributed by atoms with van der Waals surface area (Å²) in [5.41, 5.74) is 5.35. The molecule has 0 saturated heterocycles. The van der Waals surface area contributed by atoms with Gasteiger partial charge in [-0.05, 0) is 40.4 Å². The molecule has 5 nitrogen and oxygen atoms in total. The molecular weight excluding hydrogens is 542 g/mol. The van der Waals surface area contributed by atoms with Gasteiger partial charge in [-0.15, -0.1) is 0 Å². The van der Waals surface area contributed by atoms with Gasteiger partial charge in [0.25, 0.3) is 0 Å². The standard InChI is InChI=1S/C36H18ClN3O2/c37-34-35(38-30-24-14-6-8-16-27(24)41-36(30)39-34)40-26-15-7-5-13-23(26)28-21-11-3-4-12-22(21)29-25-18-17-19-9-1-2-10-20(19)32(25)42-33(29)31(28)40/h1-18H. The molecule has 0 spiro atoms. The molecule has 0 aliphatic heterocycles. The molecule has 0 atom stereocenters. The summed E-state index contributed by atoms with van der Waals surface area (Å²) >= 11 is 6.96. The number of fused-ring (bicyclic) bond motifs is 15. The zero-order chi connectivity index (χ0) is 27.5. The second kappa shape index (κ2) is 7.87. The molecule has 0 unspecified atom stereocenters. The summed E-state index contributed by atoms with van der Waals surface area (Å²) < 4.78 is 15.0. The van der Waals surface area contributed by atoms with Crippen LogP contribution in [0.25, 0.3) is 93.3 Å². The van der Waals surface area contributed by atoms with Crippen molar-refractivity contribution in [3.63, 3.8) is 0 Å². The molecule has 0 N–H and O–H groups in total. The van der Waals surface area contributed by atoms with Gasteiger partial charge in [0.2, 0.25) is 5.71 Å². The Labute approximate surface area is 242 Å². The van der Waals surface area contributed by atoms with E-state index in [0.29, 0.717) is 17.0 Å². The second-order valence-electron chi connectivity index (χ2n) is 10.7. The first-order valence-electron chi connectivity index (χ1n) is 13.8. The maximum atomic E-state index is 6.96. The number of hydrogen-bond acceptors (Lipinski definition) is 4. The Hall–Kier alpha value is -5.39. The van der Waals surface area contributed by atoms with Crippen LogP contribution in [-0.4, -0.2) is 14.5 Å². The average molecular weight is 560 g/mol. The number of para-hydroxylation sites is 2. The van der Waals surface area contributed by atoms with Crippen LogP contribution in [0.1, 0.15) is 0 Å². The SMILES string of the molecule is Clc1nc2oc3ccccc3c2nc1-n1c2ccccc2c2c3ccccc3c3c4ccc5ccccc5c4oc3c21. The minimum absolute atomic E-state index is 0.257. The molecule has 10 rings (SSSR count). The lowest BCUT2D eigenvalue weighted by Gasteiger charge is -2.09. The van der Waals surface area contributed by atoms with Crippen LogP contribution in [0.2, 0.25) is 5.15 Å². The van der Waals surface area contributed by atoms with Gasteiger partial charge in [0.15, 0.2) is 16.6 Å². The van der Waals surface area contributed by atoms with Crippen LogP contribution in [0.15, 0.2) is 118 Å². The lowest BCUT2D eigenvalue weighted by atomic mass is 9.98. The van der Waals surface area contributed by atoms with E-state index >= 15 is 0 Å². The summed E-state index contributed by atoms with van der Waals surface area (Å²) in [6, 6.07) is 37.4. The van der Waals surface area contributed by atoms with Gasteiger partial charge in [0, 0.05) is 32.3 Å². The Morgan fingerprint density at radius 3 is 2.10 bits per heavy atom. The van der Waals surface area contributed by atoms with Gasteiger partial charge in [0.05, 0.1) is 11.0 Å². The molecule has 0 amide bonds. The van der Waals surface area contributed by atoms with Crippen LogP contribution >= 0.6 is 11.6 Å². The Balaban J connectivity index is 1.49. The first kappa shape index (κ1) is 22.3. The van der Waals surface area contributed by atoms with E-state index in [2.05, 4.69) is 83.4 Å². The van der Waals surface area contributed by atoms with Crippen LogP contribution in [0.3, 0.4) is 0 Å². The zero-order valence-corrected chi connectivity index (χ0v) is 22.7. The summed E-state index contributed by atoms with van der Waals surface area (Å²) in [5, 5.41) is 9.98. The summed E-state index contributed by atoms with van der Waals surface area (Å²) in [7, 11) is 0. The van der Waals surface area contributed by atoms with Crippen LogP contribution < -0.4 is 0 Å². The van der Waals surface area contributed by atoms with E-state index in [0.717, 1.165) is 76.3 Å².